The molecule has 1 aliphatic rings. The summed E-state index contributed by atoms with van der Waals surface area (Å²) in [6.07, 6.45) is 3.42. The highest BCUT2D eigenvalue weighted by atomic mass is 16.5. The van der Waals surface area contributed by atoms with Crippen LogP contribution in [0.25, 0.3) is 0 Å². The Labute approximate surface area is 187 Å². The monoisotopic (exact) mass is 437 g/mol. The third kappa shape index (κ3) is 5.11. The molecule has 32 heavy (non-hydrogen) atoms. The molecule has 0 aliphatic carbocycles. The maximum absolute atomic E-state index is 12.7. The molecule has 2 aromatic carbocycles. The summed E-state index contributed by atoms with van der Waals surface area (Å²) in [5, 5.41) is 0. The summed E-state index contributed by atoms with van der Waals surface area (Å²) in [6, 6.07) is 14.9. The molecule has 0 amide bonds. The Bertz CT molecular complexity index is 974. The Morgan fingerprint density at radius 3 is 1.81 bits per heavy atom. The predicted octanol–water partition coefficient (Wildman–Crippen LogP) is 3.81. The molecule has 0 N–H and O–H groups in total. The molecule has 0 bridgehead atoms. The Hall–Kier alpha value is -3.74. The largest absolute Gasteiger partial charge is 0.497 e. The zero-order valence-corrected chi connectivity index (χ0v) is 18.7. The highest BCUT2D eigenvalue weighted by molar-refractivity contribution is 5.98. The Balaban J connectivity index is 2.00. The summed E-state index contributed by atoms with van der Waals surface area (Å²) in [6.45, 7) is 2.90. The lowest BCUT2D eigenvalue weighted by Crippen LogP contribution is -2.28. The second-order valence-corrected chi connectivity index (χ2v) is 7.11. The summed E-state index contributed by atoms with van der Waals surface area (Å²) in [4.78, 5) is 27.2. The zero-order chi connectivity index (χ0) is 23.1. The van der Waals surface area contributed by atoms with Gasteiger partial charge in [-0.1, -0.05) is 24.3 Å². The third-order valence-electron chi connectivity index (χ3n) is 5.12. The number of hydrogen-bond donors (Lipinski definition) is 0. The molecule has 3 rings (SSSR count). The van der Waals surface area contributed by atoms with Crippen molar-refractivity contribution in [3.63, 3.8) is 0 Å². The smallest absolute Gasteiger partial charge is 0.336 e. The Morgan fingerprint density at radius 2 is 1.34 bits per heavy atom. The number of methoxy groups -OCH3 is 3. The van der Waals surface area contributed by atoms with Crippen LogP contribution in [0, 0.1) is 0 Å². The molecule has 7 heteroatoms. The second kappa shape index (κ2) is 10.5. The van der Waals surface area contributed by atoms with Crippen LogP contribution in [0.4, 0.5) is 0 Å². The highest BCUT2D eigenvalue weighted by Gasteiger charge is 2.35. The fourth-order valence-corrected chi connectivity index (χ4v) is 3.60. The van der Waals surface area contributed by atoms with Gasteiger partial charge in [-0.3, -0.25) is 0 Å². The van der Waals surface area contributed by atoms with Gasteiger partial charge in [0.15, 0.2) is 0 Å². The van der Waals surface area contributed by atoms with Crippen LogP contribution in [0.2, 0.25) is 0 Å². The minimum absolute atomic E-state index is 0.341. The average Bonchev–Trinajstić information content (AvgIpc) is 2.83. The topological polar surface area (TPSA) is 74.3 Å². The fraction of sp³-hybridized carbons (Fsp3) is 0.280. The van der Waals surface area contributed by atoms with Crippen molar-refractivity contribution >= 4 is 11.9 Å². The van der Waals surface area contributed by atoms with E-state index in [9.17, 15) is 9.59 Å². The van der Waals surface area contributed by atoms with Gasteiger partial charge in [-0.25, -0.2) is 9.59 Å². The number of ether oxygens (including phenoxy) is 4. The SMILES string of the molecule is CCOc1ccc(C2C(C(=O)OC)=CN(Cc3ccc(OC)cc3)C=C2C(=O)OC)cc1. The van der Waals surface area contributed by atoms with Gasteiger partial charge in [0, 0.05) is 18.9 Å². The fourth-order valence-electron chi connectivity index (χ4n) is 3.60. The lowest BCUT2D eigenvalue weighted by atomic mass is 9.83. The number of carbonyl (C=O) groups is 2. The van der Waals surface area contributed by atoms with E-state index >= 15 is 0 Å². The van der Waals surface area contributed by atoms with Crippen LogP contribution in [-0.4, -0.2) is 44.8 Å². The minimum Gasteiger partial charge on any atom is -0.497 e. The highest BCUT2D eigenvalue weighted by Crippen LogP contribution is 2.38. The van der Waals surface area contributed by atoms with E-state index in [1.54, 1.807) is 24.4 Å². The van der Waals surface area contributed by atoms with E-state index in [-0.39, 0.29) is 0 Å². The first-order chi connectivity index (χ1) is 15.5. The van der Waals surface area contributed by atoms with Crippen LogP contribution in [-0.2, 0) is 25.6 Å². The van der Waals surface area contributed by atoms with Gasteiger partial charge in [-0.15, -0.1) is 0 Å². The molecule has 0 unspecified atom stereocenters. The number of benzene rings is 2. The Kier molecular flexibility index (Phi) is 7.54. The normalized spacial score (nSPS) is 13.7. The summed E-state index contributed by atoms with van der Waals surface area (Å²) in [5.74, 6) is -0.200. The first-order valence-corrected chi connectivity index (χ1v) is 10.2. The number of rotatable bonds is 8. The first kappa shape index (κ1) is 22.9. The summed E-state index contributed by atoms with van der Waals surface area (Å²) in [5.41, 5.74) is 2.42. The van der Waals surface area contributed by atoms with Crippen molar-refractivity contribution < 1.29 is 28.5 Å². The summed E-state index contributed by atoms with van der Waals surface area (Å²) in [7, 11) is 4.25. The molecule has 0 spiro atoms. The van der Waals surface area contributed by atoms with Crippen LogP contribution in [0.3, 0.4) is 0 Å². The number of nitrogens with zero attached hydrogens (tertiary/aromatic N) is 1. The van der Waals surface area contributed by atoms with Crippen molar-refractivity contribution in [2.24, 2.45) is 0 Å². The molecule has 0 fully saturated rings. The van der Waals surface area contributed by atoms with Crippen molar-refractivity contribution in [2.75, 3.05) is 27.9 Å². The quantitative estimate of drug-likeness (QED) is 0.582. The van der Waals surface area contributed by atoms with Crippen LogP contribution < -0.4 is 9.47 Å². The van der Waals surface area contributed by atoms with Gasteiger partial charge in [0.1, 0.15) is 11.5 Å². The van der Waals surface area contributed by atoms with Crippen LogP contribution in [0.5, 0.6) is 11.5 Å². The standard InChI is InChI=1S/C25H27NO6/c1-5-32-20-12-8-18(9-13-20)23-21(24(27)30-3)15-26(16-22(23)25(28)31-4)14-17-6-10-19(29-2)11-7-17/h6-13,15-16,23H,5,14H2,1-4H3. The third-order valence-corrected chi connectivity index (χ3v) is 5.12. The van der Waals surface area contributed by atoms with Gasteiger partial charge in [-0.05, 0) is 42.3 Å². The van der Waals surface area contributed by atoms with Gasteiger partial charge in [0.05, 0.1) is 45.0 Å². The molecule has 2 aromatic rings. The average molecular weight is 437 g/mol. The number of hydrogen-bond acceptors (Lipinski definition) is 7. The molecule has 0 saturated heterocycles. The summed E-state index contributed by atoms with van der Waals surface area (Å²) < 4.78 is 20.8. The van der Waals surface area contributed by atoms with Gasteiger partial charge < -0.3 is 23.8 Å². The molecule has 7 nitrogen and oxygen atoms in total. The van der Waals surface area contributed by atoms with E-state index in [1.165, 1.54) is 14.2 Å². The van der Waals surface area contributed by atoms with E-state index in [0.717, 1.165) is 16.9 Å². The molecular weight excluding hydrogens is 410 g/mol. The van der Waals surface area contributed by atoms with Crippen LogP contribution in [0.1, 0.15) is 24.0 Å². The van der Waals surface area contributed by atoms with Crippen LogP contribution in [0.15, 0.2) is 72.1 Å². The molecule has 1 aliphatic heterocycles. The first-order valence-electron chi connectivity index (χ1n) is 10.2. The van der Waals surface area contributed by atoms with Gasteiger partial charge >= 0.3 is 11.9 Å². The Morgan fingerprint density at radius 1 is 0.812 bits per heavy atom. The molecule has 0 radical (unpaired) electrons. The number of esters is 2. The van der Waals surface area contributed by atoms with E-state index in [4.69, 9.17) is 18.9 Å². The summed E-state index contributed by atoms with van der Waals surface area (Å²) >= 11 is 0. The van der Waals surface area contributed by atoms with Crippen molar-refractivity contribution in [1.82, 2.24) is 4.90 Å². The lowest BCUT2D eigenvalue weighted by Gasteiger charge is -2.30. The zero-order valence-electron chi connectivity index (χ0n) is 18.7. The van der Waals surface area contributed by atoms with Gasteiger partial charge in [0.2, 0.25) is 0 Å². The molecule has 0 aromatic heterocycles. The van der Waals surface area contributed by atoms with Gasteiger partial charge in [-0.2, -0.15) is 0 Å². The van der Waals surface area contributed by atoms with Crippen molar-refractivity contribution in [2.45, 2.75) is 19.4 Å². The maximum atomic E-state index is 12.7. The maximum Gasteiger partial charge on any atom is 0.336 e. The minimum atomic E-state index is -0.627. The van der Waals surface area contributed by atoms with Gasteiger partial charge in [0.25, 0.3) is 0 Å². The molecule has 1 heterocycles. The van der Waals surface area contributed by atoms with E-state index in [1.807, 2.05) is 55.5 Å². The van der Waals surface area contributed by atoms with E-state index in [0.29, 0.717) is 30.0 Å². The predicted molar refractivity (Wildman–Crippen MR) is 119 cm³/mol. The van der Waals surface area contributed by atoms with Crippen molar-refractivity contribution in [3.8, 4) is 11.5 Å². The molecule has 0 saturated carbocycles. The van der Waals surface area contributed by atoms with Crippen LogP contribution >= 0.6 is 0 Å². The lowest BCUT2D eigenvalue weighted by molar-refractivity contribution is -0.137. The van der Waals surface area contributed by atoms with E-state index in [2.05, 4.69) is 0 Å². The van der Waals surface area contributed by atoms with Crippen molar-refractivity contribution in [3.05, 3.63) is 83.2 Å². The molecule has 168 valence electrons. The second-order valence-electron chi connectivity index (χ2n) is 7.11. The number of carbonyl (C=O) groups excluding carboxylic acids is 2. The molecule has 0 atom stereocenters. The molecular formula is C25H27NO6. The van der Waals surface area contributed by atoms with E-state index < -0.39 is 17.9 Å². The van der Waals surface area contributed by atoms with Crippen molar-refractivity contribution in [1.29, 1.82) is 0 Å².